The van der Waals surface area contributed by atoms with Crippen molar-refractivity contribution in [3.8, 4) is 0 Å². The number of fused-ring (bicyclic) bond motifs is 1. The number of carbonyl (C=O) groups excluding carboxylic acids is 1. The average Bonchev–Trinajstić information content (AvgIpc) is 3.32. The van der Waals surface area contributed by atoms with Gasteiger partial charge in [-0.25, -0.2) is 0 Å². The first-order chi connectivity index (χ1) is 9.79. The van der Waals surface area contributed by atoms with Gasteiger partial charge in [0.25, 0.3) is 0 Å². The Bertz CT molecular complexity index is 340. The lowest BCUT2D eigenvalue weighted by atomic mass is 9.77. The summed E-state index contributed by atoms with van der Waals surface area (Å²) in [4.78, 5) is 15.0. The molecule has 2 aliphatic carbocycles. The molecule has 2 saturated carbocycles. The molecule has 0 aromatic heterocycles. The Labute approximate surface area is 123 Å². The van der Waals surface area contributed by atoms with Gasteiger partial charge in [0.05, 0.1) is 6.04 Å². The van der Waals surface area contributed by atoms with Crippen molar-refractivity contribution >= 4 is 5.91 Å². The molecule has 0 radical (unpaired) electrons. The molecular weight excluding hydrogens is 248 g/mol. The SMILES string of the molecule is CCCCN(C(=O)C1CCC2CCCCC2N1)C1CC1. The van der Waals surface area contributed by atoms with Crippen LogP contribution in [-0.4, -0.2) is 35.5 Å². The van der Waals surface area contributed by atoms with Gasteiger partial charge in [0, 0.05) is 18.6 Å². The van der Waals surface area contributed by atoms with E-state index in [0.29, 0.717) is 18.0 Å². The minimum Gasteiger partial charge on any atom is -0.338 e. The summed E-state index contributed by atoms with van der Waals surface area (Å²) < 4.78 is 0. The maximum Gasteiger partial charge on any atom is 0.239 e. The molecule has 3 fully saturated rings. The van der Waals surface area contributed by atoms with Gasteiger partial charge >= 0.3 is 0 Å². The quantitative estimate of drug-likeness (QED) is 0.838. The first-order valence-electron chi connectivity index (χ1n) is 8.86. The van der Waals surface area contributed by atoms with Gasteiger partial charge in [-0.15, -0.1) is 0 Å². The summed E-state index contributed by atoms with van der Waals surface area (Å²) in [6.07, 6.45) is 12.5. The Hall–Kier alpha value is -0.570. The van der Waals surface area contributed by atoms with Crippen molar-refractivity contribution in [2.24, 2.45) is 5.92 Å². The molecule has 0 bridgehead atoms. The van der Waals surface area contributed by atoms with Crippen molar-refractivity contribution in [2.75, 3.05) is 6.54 Å². The third-order valence-corrected chi connectivity index (χ3v) is 5.47. The van der Waals surface area contributed by atoms with Crippen molar-refractivity contribution in [2.45, 2.75) is 89.3 Å². The molecular formula is C17H30N2O. The van der Waals surface area contributed by atoms with Gasteiger partial charge in [-0.05, 0) is 50.9 Å². The highest BCUT2D eigenvalue weighted by molar-refractivity contribution is 5.82. The van der Waals surface area contributed by atoms with Crippen molar-refractivity contribution in [3.63, 3.8) is 0 Å². The molecule has 3 unspecified atom stereocenters. The largest absolute Gasteiger partial charge is 0.338 e. The number of nitrogens with one attached hydrogen (secondary N) is 1. The summed E-state index contributed by atoms with van der Waals surface area (Å²) in [5.74, 6) is 1.25. The van der Waals surface area contributed by atoms with E-state index in [1.165, 1.54) is 51.4 Å². The van der Waals surface area contributed by atoms with Crippen LogP contribution in [0.15, 0.2) is 0 Å². The number of hydrogen-bond donors (Lipinski definition) is 1. The summed E-state index contributed by atoms with van der Waals surface area (Å²) in [7, 11) is 0. The fourth-order valence-corrected chi connectivity index (χ4v) is 4.08. The Morgan fingerprint density at radius 3 is 2.65 bits per heavy atom. The van der Waals surface area contributed by atoms with E-state index >= 15 is 0 Å². The highest BCUT2D eigenvalue weighted by Crippen LogP contribution is 2.34. The van der Waals surface area contributed by atoms with Gasteiger partial charge in [0.15, 0.2) is 0 Å². The highest BCUT2D eigenvalue weighted by atomic mass is 16.2. The molecule has 0 aromatic rings. The van der Waals surface area contributed by atoms with E-state index in [4.69, 9.17) is 0 Å². The normalized spacial score (nSPS) is 33.5. The molecule has 1 N–H and O–H groups in total. The molecule has 20 heavy (non-hydrogen) atoms. The minimum atomic E-state index is 0.117. The lowest BCUT2D eigenvalue weighted by Gasteiger charge is -2.41. The summed E-state index contributed by atoms with van der Waals surface area (Å²) >= 11 is 0. The molecule has 3 atom stereocenters. The van der Waals surface area contributed by atoms with Gasteiger partial charge in [0.1, 0.15) is 0 Å². The molecule has 0 aromatic carbocycles. The Kier molecular flexibility index (Phi) is 4.65. The van der Waals surface area contributed by atoms with Crippen LogP contribution in [0.1, 0.15) is 71.1 Å². The molecule has 0 spiro atoms. The second-order valence-corrected chi connectivity index (χ2v) is 7.06. The van der Waals surface area contributed by atoms with E-state index in [2.05, 4.69) is 17.1 Å². The van der Waals surface area contributed by atoms with E-state index in [9.17, 15) is 4.79 Å². The van der Waals surface area contributed by atoms with Crippen LogP contribution in [0.5, 0.6) is 0 Å². The molecule has 1 saturated heterocycles. The van der Waals surface area contributed by atoms with Crippen LogP contribution in [0.25, 0.3) is 0 Å². The maximum absolute atomic E-state index is 12.8. The zero-order chi connectivity index (χ0) is 13.9. The van der Waals surface area contributed by atoms with Crippen molar-refractivity contribution in [3.05, 3.63) is 0 Å². The Morgan fingerprint density at radius 2 is 1.90 bits per heavy atom. The zero-order valence-corrected chi connectivity index (χ0v) is 12.9. The smallest absolute Gasteiger partial charge is 0.239 e. The number of hydrogen-bond acceptors (Lipinski definition) is 2. The topological polar surface area (TPSA) is 32.3 Å². The van der Waals surface area contributed by atoms with Crippen LogP contribution in [0.2, 0.25) is 0 Å². The molecule has 3 rings (SSSR count). The lowest BCUT2D eigenvalue weighted by Crippen LogP contribution is -2.56. The van der Waals surface area contributed by atoms with Gasteiger partial charge in [-0.2, -0.15) is 0 Å². The summed E-state index contributed by atoms with van der Waals surface area (Å²) in [6.45, 7) is 3.19. The Balaban J connectivity index is 1.58. The maximum atomic E-state index is 12.8. The van der Waals surface area contributed by atoms with Crippen LogP contribution in [-0.2, 0) is 4.79 Å². The number of piperidine rings is 1. The fraction of sp³-hybridized carbons (Fsp3) is 0.941. The number of rotatable bonds is 5. The molecule has 3 nitrogen and oxygen atoms in total. The van der Waals surface area contributed by atoms with Crippen molar-refractivity contribution in [1.29, 1.82) is 0 Å². The van der Waals surface area contributed by atoms with Gasteiger partial charge in [-0.3, -0.25) is 4.79 Å². The van der Waals surface area contributed by atoms with E-state index < -0.39 is 0 Å². The van der Waals surface area contributed by atoms with E-state index in [0.717, 1.165) is 25.3 Å². The molecule has 1 heterocycles. The first-order valence-corrected chi connectivity index (χ1v) is 8.86. The van der Waals surface area contributed by atoms with Crippen molar-refractivity contribution < 1.29 is 4.79 Å². The van der Waals surface area contributed by atoms with Crippen LogP contribution in [0.4, 0.5) is 0 Å². The molecule has 3 heteroatoms. The molecule has 3 aliphatic rings. The summed E-state index contributed by atoms with van der Waals surface area (Å²) in [5.41, 5.74) is 0. The zero-order valence-electron chi connectivity index (χ0n) is 12.9. The van der Waals surface area contributed by atoms with E-state index in [1.54, 1.807) is 0 Å². The second kappa shape index (κ2) is 6.46. The van der Waals surface area contributed by atoms with Crippen LogP contribution in [0.3, 0.4) is 0 Å². The average molecular weight is 278 g/mol. The number of unbranched alkanes of at least 4 members (excludes halogenated alkanes) is 1. The van der Waals surface area contributed by atoms with E-state index in [-0.39, 0.29) is 6.04 Å². The first kappa shape index (κ1) is 14.4. The van der Waals surface area contributed by atoms with Crippen LogP contribution >= 0.6 is 0 Å². The monoisotopic (exact) mass is 278 g/mol. The molecule has 1 aliphatic heterocycles. The van der Waals surface area contributed by atoms with Gasteiger partial charge in [-0.1, -0.05) is 26.2 Å². The standard InChI is InChI=1S/C17H30N2O/c1-2-3-12-19(14-9-10-14)17(20)16-11-8-13-6-4-5-7-15(13)18-16/h13-16,18H,2-12H2,1H3. The van der Waals surface area contributed by atoms with Gasteiger partial charge in [0.2, 0.25) is 5.91 Å². The Morgan fingerprint density at radius 1 is 1.10 bits per heavy atom. The third kappa shape index (κ3) is 3.19. The minimum absolute atomic E-state index is 0.117. The third-order valence-electron chi connectivity index (χ3n) is 5.47. The fourth-order valence-electron chi connectivity index (χ4n) is 4.08. The second-order valence-electron chi connectivity index (χ2n) is 7.06. The highest BCUT2D eigenvalue weighted by Gasteiger charge is 2.39. The predicted molar refractivity (Wildman–Crippen MR) is 81.5 cm³/mol. The predicted octanol–water partition coefficient (Wildman–Crippen LogP) is 3.09. The number of carbonyl (C=O) groups is 1. The lowest BCUT2D eigenvalue weighted by molar-refractivity contribution is -0.135. The van der Waals surface area contributed by atoms with Crippen molar-refractivity contribution in [1.82, 2.24) is 10.2 Å². The summed E-state index contributed by atoms with van der Waals surface area (Å²) in [6, 6.07) is 1.31. The molecule has 1 amide bonds. The van der Waals surface area contributed by atoms with Gasteiger partial charge < -0.3 is 10.2 Å². The van der Waals surface area contributed by atoms with E-state index in [1.807, 2.05) is 0 Å². The van der Waals surface area contributed by atoms with Crippen LogP contribution < -0.4 is 5.32 Å². The number of nitrogens with zero attached hydrogens (tertiary/aromatic N) is 1. The van der Waals surface area contributed by atoms with Crippen LogP contribution in [0, 0.1) is 5.92 Å². The molecule has 114 valence electrons. The summed E-state index contributed by atoms with van der Waals surface area (Å²) in [5, 5.41) is 3.70. The number of amides is 1.